The van der Waals surface area contributed by atoms with E-state index in [0.29, 0.717) is 22.0 Å². The molecule has 0 saturated carbocycles. The molecule has 2 rings (SSSR count). The van der Waals surface area contributed by atoms with Crippen LogP contribution >= 0.6 is 11.6 Å². The second kappa shape index (κ2) is 7.79. The molecule has 0 aliphatic rings. The van der Waals surface area contributed by atoms with Gasteiger partial charge in [0.05, 0.1) is 23.3 Å². The average molecular weight is 348 g/mol. The Kier molecular flexibility index (Phi) is 5.76. The van der Waals surface area contributed by atoms with Gasteiger partial charge in [0.1, 0.15) is 5.75 Å². The molecule has 0 bridgehead atoms. The van der Waals surface area contributed by atoms with Crippen LogP contribution < -0.4 is 15.4 Å². The Bertz CT molecular complexity index is 762. The summed E-state index contributed by atoms with van der Waals surface area (Å²) in [5.74, 6) is -0.147. The summed E-state index contributed by atoms with van der Waals surface area (Å²) in [6.07, 6.45) is 2.81. The Labute approximate surface area is 145 Å². The van der Waals surface area contributed by atoms with Crippen molar-refractivity contribution in [2.75, 3.05) is 12.4 Å². The first-order valence-corrected chi connectivity index (χ1v) is 7.69. The van der Waals surface area contributed by atoms with E-state index in [1.54, 1.807) is 18.2 Å². The minimum Gasteiger partial charge on any atom is -0.495 e. The lowest BCUT2D eigenvalue weighted by Gasteiger charge is -2.10. The largest absolute Gasteiger partial charge is 0.495 e. The van der Waals surface area contributed by atoms with Crippen LogP contribution in [0.4, 0.5) is 5.69 Å². The average Bonchev–Trinajstić information content (AvgIpc) is 2.54. The Hall–Kier alpha value is -2.60. The number of carbonyl (C=O) groups excluding carboxylic acids is 2. The second-order valence-corrected chi connectivity index (χ2v) is 5.80. The van der Waals surface area contributed by atoms with Gasteiger partial charge in [0.15, 0.2) is 0 Å². The van der Waals surface area contributed by atoms with E-state index in [-0.39, 0.29) is 23.4 Å². The van der Waals surface area contributed by atoms with Crippen LogP contribution in [-0.2, 0) is 0 Å². The maximum absolute atomic E-state index is 12.3. The second-order valence-electron chi connectivity index (χ2n) is 5.39. The molecule has 7 heteroatoms. The fourth-order valence-corrected chi connectivity index (χ4v) is 2.24. The number of methoxy groups -OCH3 is 1. The summed E-state index contributed by atoms with van der Waals surface area (Å²) >= 11 is 6.03. The third kappa shape index (κ3) is 4.45. The normalized spacial score (nSPS) is 10.4. The van der Waals surface area contributed by atoms with E-state index in [0.717, 1.165) is 0 Å². The molecule has 0 aliphatic heterocycles. The van der Waals surface area contributed by atoms with Gasteiger partial charge in [-0.25, -0.2) is 0 Å². The summed E-state index contributed by atoms with van der Waals surface area (Å²) in [6.45, 7) is 3.71. The number of aromatic nitrogens is 1. The molecule has 2 aromatic rings. The van der Waals surface area contributed by atoms with Crippen molar-refractivity contribution in [2.45, 2.75) is 19.9 Å². The SMILES string of the molecule is COc1ccc(NC(=O)c2cncc(C(=O)NC(C)C)c2)cc1Cl. The van der Waals surface area contributed by atoms with Gasteiger partial charge in [-0.05, 0) is 38.1 Å². The number of amides is 2. The van der Waals surface area contributed by atoms with Gasteiger partial charge in [-0.15, -0.1) is 0 Å². The number of nitrogens with zero attached hydrogens (tertiary/aromatic N) is 1. The first-order valence-electron chi connectivity index (χ1n) is 7.31. The van der Waals surface area contributed by atoms with Gasteiger partial charge in [0.25, 0.3) is 11.8 Å². The van der Waals surface area contributed by atoms with Gasteiger partial charge in [-0.2, -0.15) is 0 Å². The Balaban J connectivity index is 2.15. The van der Waals surface area contributed by atoms with Crippen molar-refractivity contribution in [1.82, 2.24) is 10.3 Å². The minimum atomic E-state index is -0.386. The van der Waals surface area contributed by atoms with Crippen LogP contribution in [0.25, 0.3) is 0 Å². The molecule has 1 aromatic carbocycles. The fourth-order valence-electron chi connectivity index (χ4n) is 1.98. The zero-order chi connectivity index (χ0) is 17.7. The number of carbonyl (C=O) groups is 2. The Morgan fingerprint density at radius 3 is 2.38 bits per heavy atom. The number of hydrogen-bond donors (Lipinski definition) is 2. The molecule has 1 aromatic heterocycles. The zero-order valence-corrected chi connectivity index (χ0v) is 14.3. The highest BCUT2D eigenvalue weighted by atomic mass is 35.5. The molecule has 24 heavy (non-hydrogen) atoms. The summed E-state index contributed by atoms with van der Waals surface area (Å²) in [6, 6.07) is 6.40. The number of hydrogen-bond acceptors (Lipinski definition) is 4. The summed E-state index contributed by atoms with van der Waals surface area (Å²) < 4.78 is 5.06. The van der Waals surface area contributed by atoms with Crippen molar-refractivity contribution >= 4 is 29.1 Å². The van der Waals surface area contributed by atoms with E-state index in [1.807, 2.05) is 13.8 Å². The van der Waals surface area contributed by atoms with Gasteiger partial charge in [0.2, 0.25) is 0 Å². The third-order valence-corrected chi connectivity index (χ3v) is 3.39. The molecule has 2 N–H and O–H groups in total. The quantitative estimate of drug-likeness (QED) is 0.870. The highest BCUT2D eigenvalue weighted by Gasteiger charge is 2.13. The standard InChI is InChI=1S/C17H18ClN3O3/c1-10(2)20-16(22)11-6-12(9-19-8-11)17(23)21-13-4-5-15(24-3)14(18)7-13/h4-10H,1-3H3,(H,20,22)(H,21,23). The van der Waals surface area contributed by atoms with Gasteiger partial charge in [-0.1, -0.05) is 11.6 Å². The van der Waals surface area contributed by atoms with E-state index in [4.69, 9.17) is 16.3 Å². The molecule has 2 amide bonds. The smallest absolute Gasteiger partial charge is 0.257 e. The Morgan fingerprint density at radius 2 is 1.79 bits per heavy atom. The van der Waals surface area contributed by atoms with Gasteiger partial charge in [-0.3, -0.25) is 14.6 Å². The van der Waals surface area contributed by atoms with Crippen molar-refractivity contribution in [3.8, 4) is 5.75 Å². The molecule has 0 unspecified atom stereocenters. The monoisotopic (exact) mass is 347 g/mol. The lowest BCUT2D eigenvalue weighted by molar-refractivity contribution is 0.0942. The number of ether oxygens (including phenoxy) is 1. The molecule has 0 fully saturated rings. The van der Waals surface area contributed by atoms with Crippen LogP contribution in [0.3, 0.4) is 0 Å². The lowest BCUT2D eigenvalue weighted by Crippen LogP contribution is -2.30. The van der Waals surface area contributed by atoms with E-state index >= 15 is 0 Å². The zero-order valence-electron chi connectivity index (χ0n) is 13.6. The molecule has 1 heterocycles. The maximum Gasteiger partial charge on any atom is 0.257 e. The first-order chi connectivity index (χ1) is 11.4. The summed E-state index contributed by atoms with van der Waals surface area (Å²) in [5.41, 5.74) is 1.12. The number of pyridine rings is 1. The topological polar surface area (TPSA) is 80.3 Å². The highest BCUT2D eigenvalue weighted by molar-refractivity contribution is 6.32. The van der Waals surface area contributed by atoms with Gasteiger partial charge in [0, 0.05) is 24.1 Å². The molecular weight excluding hydrogens is 330 g/mol. The van der Waals surface area contributed by atoms with Crippen LogP contribution in [0.5, 0.6) is 5.75 Å². The maximum atomic E-state index is 12.3. The van der Waals surface area contributed by atoms with Crippen molar-refractivity contribution < 1.29 is 14.3 Å². The van der Waals surface area contributed by atoms with Crippen molar-refractivity contribution in [3.63, 3.8) is 0 Å². The van der Waals surface area contributed by atoms with Crippen molar-refractivity contribution in [1.29, 1.82) is 0 Å². The van der Waals surface area contributed by atoms with Gasteiger partial charge < -0.3 is 15.4 Å². The Morgan fingerprint density at radius 1 is 1.12 bits per heavy atom. The van der Waals surface area contributed by atoms with E-state index in [1.165, 1.54) is 25.6 Å². The van der Waals surface area contributed by atoms with Crippen LogP contribution in [-0.4, -0.2) is 29.9 Å². The predicted octanol–water partition coefficient (Wildman–Crippen LogP) is 3.13. The number of rotatable bonds is 5. The molecular formula is C17H18ClN3O3. The van der Waals surface area contributed by atoms with E-state index in [2.05, 4.69) is 15.6 Å². The first kappa shape index (κ1) is 17.7. The highest BCUT2D eigenvalue weighted by Crippen LogP contribution is 2.27. The fraction of sp³-hybridized carbons (Fsp3) is 0.235. The molecule has 126 valence electrons. The predicted molar refractivity (Wildman–Crippen MR) is 92.8 cm³/mol. The van der Waals surface area contributed by atoms with Crippen LogP contribution in [0.15, 0.2) is 36.7 Å². The molecule has 0 atom stereocenters. The van der Waals surface area contributed by atoms with Crippen LogP contribution in [0.2, 0.25) is 5.02 Å². The molecule has 0 saturated heterocycles. The number of anilines is 1. The van der Waals surface area contributed by atoms with Crippen LogP contribution in [0, 0.1) is 0 Å². The number of benzene rings is 1. The summed E-state index contributed by atoms with van der Waals surface area (Å²) in [7, 11) is 1.51. The van der Waals surface area contributed by atoms with E-state index < -0.39 is 0 Å². The van der Waals surface area contributed by atoms with Crippen molar-refractivity contribution in [2.24, 2.45) is 0 Å². The van der Waals surface area contributed by atoms with E-state index in [9.17, 15) is 9.59 Å². The number of halogens is 1. The minimum absolute atomic E-state index is 0.00331. The lowest BCUT2D eigenvalue weighted by atomic mass is 10.1. The molecule has 6 nitrogen and oxygen atoms in total. The number of nitrogens with one attached hydrogen (secondary N) is 2. The molecule has 0 spiro atoms. The third-order valence-electron chi connectivity index (χ3n) is 3.09. The molecule has 0 aliphatic carbocycles. The van der Waals surface area contributed by atoms with Gasteiger partial charge >= 0.3 is 0 Å². The summed E-state index contributed by atoms with van der Waals surface area (Å²) in [4.78, 5) is 28.3. The van der Waals surface area contributed by atoms with Crippen molar-refractivity contribution in [3.05, 3.63) is 52.8 Å². The van der Waals surface area contributed by atoms with Crippen LogP contribution in [0.1, 0.15) is 34.6 Å². The summed E-state index contributed by atoms with van der Waals surface area (Å²) in [5, 5.41) is 5.85. The molecule has 0 radical (unpaired) electrons.